The maximum atomic E-state index is 13.2. The molecule has 0 saturated carbocycles. The van der Waals surface area contributed by atoms with Crippen molar-refractivity contribution in [2.75, 3.05) is 13.1 Å². The molecule has 17 heteroatoms. The number of hydrogen-bond donors (Lipinski definition) is 10. The minimum atomic E-state index is -1.50. The summed E-state index contributed by atoms with van der Waals surface area (Å²) in [6, 6.07) is -5.03. The first-order valence-corrected chi connectivity index (χ1v) is 12.4. The first-order valence-electron chi connectivity index (χ1n) is 12.4. The number of rotatable bonds is 21. The van der Waals surface area contributed by atoms with Gasteiger partial charge in [0.05, 0.1) is 6.04 Å². The highest BCUT2D eigenvalue weighted by atomic mass is 16.4. The topological polar surface area (TPSA) is 321 Å². The molecule has 0 bridgehead atoms. The molecule has 0 aliphatic heterocycles. The molecule has 39 heavy (non-hydrogen) atoms. The molecule has 0 aromatic heterocycles. The number of carboxylic acids is 2. The van der Waals surface area contributed by atoms with Crippen LogP contribution in [0.2, 0.25) is 0 Å². The third-order valence-corrected chi connectivity index (χ3v) is 5.46. The fourth-order valence-corrected chi connectivity index (χ4v) is 3.31. The number of hydrogen-bond acceptors (Lipinski definition) is 9. The van der Waals surface area contributed by atoms with Crippen LogP contribution in [0, 0.1) is 0 Å². The van der Waals surface area contributed by atoms with Crippen molar-refractivity contribution in [3.63, 3.8) is 0 Å². The molecule has 4 atom stereocenters. The number of guanidine groups is 1. The summed E-state index contributed by atoms with van der Waals surface area (Å²) in [6.07, 6.45) is 0.236. The first kappa shape index (κ1) is 35.0. The van der Waals surface area contributed by atoms with Crippen LogP contribution in [0.25, 0.3) is 0 Å². The van der Waals surface area contributed by atoms with Crippen LogP contribution in [0.5, 0.6) is 0 Å². The van der Waals surface area contributed by atoms with E-state index in [1.807, 2.05) is 0 Å². The summed E-state index contributed by atoms with van der Waals surface area (Å²) >= 11 is 0. The normalized spacial score (nSPS) is 13.7. The Hall–Kier alpha value is -3.99. The molecule has 0 aromatic rings. The maximum absolute atomic E-state index is 13.2. The second-order valence-electron chi connectivity index (χ2n) is 8.80. The molecule has 0 saturated heterocycles. The van der Waals surface area contributed by atoms with Crippen LogP contribution in [-0.2, 0) is 28.8 Å². The maximum Gasteiger partial charge on any atom is 0.326 e. The van der Waals surface area contributed by atoms with E-state index in [9.17, 15) is 33.9 Å². The summed E-state index contributed by atoms with van der Waals surface area (Å²) in [7, 11) is 0. The van der Waals surface area contributed by atoms with Gasteiger partial charge in [0, 0.05) is 19.4 Å². The zero-order chi connectivity index (χ0) is 30.0. The lowest BCUT2D eigenvalue weighted by Gasteiger charge is -2.25. The largest absolute Gasteiger partial charge is 0.481 e. The molecule has 4 amide bonds. The molecule has 0 rings (SSSR count). The van der Waals surface area contributed by atoms with E-state index in [1.54, 1.807) is 0 Å². The lowest BCUT2D eigenvalue weighted by atomic mass is 10.0. The van der Waals surface area contributed by atoms with Crippen LogP contribution in [0.3, 0.4) is 0 Å². The van der Waals surface area contributed by atoms with Crippen molar-refractivity contribution in [1.82, 2.24) is 16.0 Å². The van der Waals surface area contributed by atoms with E-state index in [1.165, 1.54) is 0 Å². The Kier molecular flexibility index (Phi) is 17.2. The number of carbonyl (C=O) groups is 6. The summed E-state index contributed by atoms with van der Waals surface area (Å²) in [5, 5.41) is 25.4. The van der Waals surface area contributed by atoms with Gasteiger partial charge in [-0.15, -0.1) is 0 Å². The predicted molar refractivity (Wildman–Crippen MR) is 140 cm³/mol. The third kappa shape index (κ3) is 16.5. The van der Waals surface area contributed by atoms with Gasteiger partial charge in [-0.1, -0.05) is 0 Å². The van der Waals surface area contributed by atoms with Crippen LogP contribution < -0.4 is 44.6 Å². The number of nitrogens with zero attached hydrogens (tertiary/aromatic N) is 1. The molecule has 15 N–H and O–H groups in total. The van der Waals surface area contributed by atoms with E-state index in [-0.39, 0.29) is 51.0 Å². The number of primary amides is 1. The molecule has 4 unspecified atom stereocenters. The Balaban J connectivity index is 5.66. The van der Waals surface area contributed by atoms with Crippen molar-refractivity contribution in [2.45, 2.75) is 82.0 Å². The zero-order valence-corrected chi connectivity index (χ0v) is 21.8. The van der Waals surface area contributed by atoms with Crippen molar-refractivity contribution < 1.29 is 39.0 Å². The van der Waals surface area contributed by atoms with E-state index in [4.69, 9.17) is 33.8 Å². The van der Waals surface area contributed by atoms with Gasteiger partial charge in [0.1, 0.15) is 18.1 Å². The highest BCUT2D eigenvalue weighted by Crippen LogP contribution is 2.07. The van der Waals surface area contributed by atoms with Crippen molar-refractivity contribution in [3.05, 3.63) is 0 Å². The van der Waals surface area contributed by atoms with E-state index in [0.717, 1.165) is 0 Å². The van der Waals surface area contributed by atoms with Gasteiger partial charge in [0.2, 0.25) is 23.6 Å². The van der Waals surface area contributed by atoms with Crippen LogP contribution in [0.4, 0.5) is 0 Å². The molecule has 0 fully saturated rings. The van der Waals surface area contributed by atoms with Gasteiger partial charge in [-0.3, -0.25) is 29.0 Å². The SMILES string of the molecule is NCCCCC(NC(=O)C(CCCN=C(N)N)NC(=O)C(N)CCC(N)=O)C(=O)NC(CCC(=O)O)C(=O)O. The Morgan fingerprint density at radius 3 is 1.72 bits per heavy atom. The van der Waals surface area contributed by atoms with Gasteiger partial charge >= 0.3 is 11.9 Å². The van der Waals surface area contributed by atoms with E-state index < -0.39 is 66.2 Å². The lowest BCUT2D eigenvalue weighted by molar-refractivity contribution is -0.143. The summed E-state index contributed by atoms with van der Waals surface area (Å²) in [6.45, 7) is 0.450. The standard InChI is InChI=1S/C22H41N9O8/c23-10-2-1-4-13(20(37)31-15(21(38)39)7-9-17(33)34)30-19(36)14(5-3-11-28-22(26)27)29-18(35)12(24)6-8-16(25)32/h12-15H,1-11,23-24H2,(H2,25,32)(H,29,35)(H,30,36)(H,31,37)(H,33,34)(H,38,39)(H4,26,27,28). The van der Waals surface area contributed by atoms with Crippen molar-refractivity contribution >= 4 is 41.5 Å². The minimum Gasteiger partial charge on any atom is -0.481 e. The van der Waals surface area contributed by atoms with Crippen molar-refractivity contribution in [2.24, 2.45) is 33.7 Å². The number of nitrogens with two attached hydrogens (primary N) is 5. The van der Waals surface area contributed by atoms with Gasteiger partial charge in [-0.2, -0.15) is 0 Å². The Morgan fingerprint density at radius 1 is 0.692 bits per heavy atom. The van der Waals surface area contributed by atoms with Crippen molar-refractivity contribution in [3.8, 4) is 0 Å². The van der Waals surface area contributed by atoms with Crippen LogP contribution in [0.1, 0.15) is 57.8 Å². The van der Waals surface area contributed by atoms with Crippen LogP contribution in [-0.4, -0.2) is 89.0 Å². The first-order chi connectivity index (χ1) is 18.3. The molecular weight excluding hydrogens is 518 g/mol. The van der Waals surface area contributed by atoms with E-state index >= 15 is 0 Å². The zero-order valence-electron chi connectivity index (χ0n) is 21.8. The smallest absolute Gasteiger partial charge is 0.326 e. The average molecular weight is 560 g/mol. The Morgan fingerprint density at radius 2 is 1.23 bits per heavy atom. The summed E-state index contributed by atoms with van der Waals surface area (Å²) < 4.78 is 0. The Bertz CT molecular complexity index is 880. The number of aliphatic imine (C=N–C) groups is 1. The molecule has 0 aliphatic carbocycles. The number of amides is 4. The van der Waals surface area contributed by atoms with Gasteiger partial charge in [0.25, 0.3) is 0 Å². The molecule has 0 aliphatic rings. The van der Waals surface area contributed by atoms with Gasteiger partial charge in [-0.25, -0.2) is 4.79 Å². The number of carbonyl (C=O) groups excluding carboxylic acids is 4. The molecule has 17 nitrogen and oxygen atoms in total. The van der Waals surface area contributed by atoms with Crippen LogP contribution in [0.15, 0.2) is 4.99 Å². The van der Waals surface area contributed by atoms with E-state index in [0.29, 0.717) is 19.4 Å². The third-order valence-electron chi connectivity index (χ3n) is 5.46. The summed E-state index contributed by atoms with van der Waals surface area (Å²) in [5.41, 5.74) is 27.0. The van der Waals surface area contributed by atoms with Crippen LogP contribution >= 0.6 is 0 Å². The van der Waals surface area contributed by atoms with Gasteiger partial charge in [-0.05, 0) is 51.5 Å². The molecule has 0 aromatic carbocycles. The predicted octanol–water partition coefficient (Wildman–Crippen LogP) is -3.83. The molecular formula is C22H41N9O8. The lowest BCUT2D eigenvalue weighted by Crippen LogP contribution is -2.57. The van der Waals surface area contributed by atoms with Gasteiger partial charge < -0.3 is 54.8 Å². The molecule has 0 radical (unpaired) electrons. The van der Waals surface area contributed by atoms with Crippen molar-refractivity contribution in [1.29, 1.82) is 0 Å². The highest BCUT2D eigenvalue weighted by Gasteiger charge is 2.30. The molecule has 222 valence electrons. The number of carboxylic acid groups (broad SMARTS) is 2. The minimum absolute atomic E-state index is 0.0460. The molecule has 0 heterocycles. The molecule has 0 spiro atoms. The monoisotopic (exact) mass is 559 g/mol. The Labute approximate surface area is 225 Å². The fraction of sp³-hybridized carbons (Fsp3) is 0.682. The second-order valence-corrected chi connectivity index (χ2v) is 8.80. The fourth-order valence-electron chi connectivity index (χ4n) is 3.31. The van der Waals surface area contributed by atoms with Gasteiger partial charge in [0.15, 0.2) is 5.96 Å². The van der Waals surface area contributed by atoms with E-state index in [2.05, 4.69) is 20.9 Å². The quantitative estimate of drug-likeness (QED) is 0.0367. The second kappa shape index (κ2) is 19.1. The number of nitrogens with one attached hydrogen (secondary N) is 3. The highest BCUT2D eigenvalue weighted by molar-refractivity contribution is 5.94. The average Bonchev–Trinajstić information content (AvgIpc) is 2.85. The number of aliphatic carboxylic acids is 2. The number of unbranched alkanes of at least 4 members (excludes halogenated alkanes) is 1. The summed E-state index contributed by atoms with van der Waals surface area (Å²) in [5.74, 6) is -5.84. The summed E-state index contributed by atoms with van der Waals surface area (Å²) in [4.78, 5) is 75.8.